The lowest BCUT2D eigenvalue weighted by Crippen LogP contribution is -2.08. The van der Waals surface area contributed by atoms with Crippen LogP contribution in [0.1, 0.15) is 16.8 Å². The standard InChI is InChI=1S/C16H17N5O/c1-10-5-15(21-16(19-10)17-9-18-21)20-13-4-3-11-7-14(22-2)8-12(11)6-13/h3-6,9,14,20H,7-8H2,1-2H3. The Morgan fingerprint density at radius 3 is 2.95 bits per heavy atom. The van der Waals surface area contributed by atoms with Gasteiger partial charge in [0.15, 0.2) is 0 Å². The lowest BCUT2D eigenvalue weighted by atomic mass is 10.1. The molecule has 1 aromatic carbocycles. The molecule has 0 radical (unpaired) electrons. The third-order valence-electron chi connectivity index (χ3n) is 4.09. The fraction of sp³-hybridized carbons (Fsp3) is 0.312. The van der Waals surface area contributed by atoms with Crippen LogP contribution in [0.4, 0.5) is 11.5 Å². The Morgan fingerprint density at radius 1 is 1.23 bits per heavy atom. The molecule has 1 aliphatic rings. The SMILES string of the molecule is COC1Cc2ccc(Nc3cc(C)nc4ncnn34)cc2C1. The van der Waals surface area contributed by atoms with Gasteiger partial charge in [0.1, 0.15) is 12.1 Å². The van der Waals surface area contributed by atoms with Crippen molar-refractivity contribution in [2.24, 2.45) is 0 Å². The maximum atomic E-state index is 5.46. The van der Waals surface area contributed by atoms with E-state index >= 15 is 0 Å². The van der Waals surface area contributed by atoms with Crippen LogP contribution in [0.15, 0.2) is 30.6 Å². The number of benzene rings is 1. The number of nitrogens with one attached hydrogen (secondary N) is 1. The van der Waals surface area contributed by atoms with Crippen molar-refractivity contribution in [2.45, 2.75) is 25.9 Å². The number of hydrogen-bond acceptors (Lipinski definition) is 5. The van der Waals surface area contributed by atoms with E-state index < -0.39 is 0 Å². The molecule has 1 N–H and O–H groups in total. The first-order valence-corrected chi connectivity index (χ1v) is 7.32. The van der Waals surface area contributed by atoms with Crippen LogP contribution in [-0.4, -0.2) is 32.8 Å². The highest BCUT2D eigenvalue weighted by molar-refractivity contribution is 5.61. The molecule has 0 saturated carbocycles. The molecule has 0 spiro atoms. The van der Waals surface area contributed by atoms with Gasteiger partial charge in [-0.15, -0.1) is 0 Å². The van der Waals surface area contributed by atoms with Gasteiger partial charge in [-0.25, -0.2) is 4.98 Å². The average molecular weight is 295 g/mol. The van der Waals surface area contributed by atoms with Crippen LogP contribution in [0.3, 0.4) is 0 Å². The minimum absolute atomic E-state index is 0.301. The van der Waals surface area contributed by atoms with Crippen molar-refractivity contribution in [1.29, 1.82) is 0 Å². The summed E-state index contributed by atoms with van der Waals surface area (Å²) in [4.78, 5) is 8.49. The molecule has 3 aromatic rings. The van der Waals surface area contributed by atoms with Crippen LogP contribution in [0.2, 0.25) is 0 Å². The smallest absolute Gasteiger partial charge is 0.254 e. The van der Waals surface area contributed by atoms with Crippen molar-refractivity contribution in [2.75, 3.05) is 12.4 Å². The summed E-state index contributed by atoms with van der Waals surface area (Å²) in [6.07, 6.45) is 3.78. The highest BCUT2D eigenvalue weighted by Gasteiger charge is 2.21. The molecule has 22 heavy (non-hydrogen) atoms. The number of aryl methyl sites for hydroxylation is 1. The Kier molecular flexibility index (Phi) is 3.04. The molecule has 1 aliphatic carbocycles. The third-order valence-corrected chi connectivity index (χ3v) is 4.09. The van der Waals surface area contributed by atoms with Crippen LogP contribution < -0.4 is 5.32 Å². The minimum atomic E-state index is 0.301. The van der Waals surface area contributed by atoms with Crippen molar-refractivity contribution >= 4 is 17.3 Å². The molecule has 0 aliphatic heterocycles. The molecule has 112 valence electrons. The Bertz CT molecular complexity index is 842. The van der Waals surface area contributed by atoms with Crippen LogP contribution in [0, 0.1) is 6.92 Å². The van der Waals surface area contributed by atoms with Crippen molar-refractivity contribution in [3.63, 3.8) is 0 Å². The Hall–Kier alpha value is -2.47. The summed E-state index contributed by atoms with van der Waals surface area (Å²) in [5.41, 5.74) is 4.66. The van der Waals surface area contributed by atoms with Gasteiger partial charge in [0.25, 0.3) is 5.78 Å². The second-order valence-corrected chi connectivity index (χ2v) is 5.63. The lowest BCUT2D eigenvalue weighted by Gasteiger charge is -2.10. The number of nitrogens with zero attached hydrogens (tertiary/aromatic N) is 4. The van der Waals surface area contributed by atoms with E-state index in [1.165, 1.54) is 17.5 Å². The van der Waals surface area contributed by atoms with Crippen molar-refractivity contribution in [3.05, 3.63) is 47.4 Å². The first-order valence-electron chi connectivity index (χ1n) is 7.32. The van der Waals surface area contributed by atoms with E-state index in [9.17, 15) is 0 Å². The van der Waals surface area contributed by atoms with Crippen LogP contribution in [0.25, 0.3) is 5.78 Å². The zero-order valence-corrected chi connectivity index (χ0v) is 12.6. The molecule has 4 rings (SSSR count). The average Bonchev–Trinajstić information content (AvgIpc) is 3.12. The summed E-state index contributed by atoms with van der Waals surface area (Å²) in [6, 6.07) is 8.42. The summed E-state index contributed by atoms with van der Waals surface area (Å²) < 4.78 is 7.17. The van der Waals surface area contributed by atoms with E-state index in [1.54, 1.807) is 11.6 Å². The van der Waals surface area contributed by atoms with Crippen LogP contribution >= 0.6 is 0 Å². The predicted molar refractivity (Wildman–Crippen MR) is 83.4 cm³/mol. The number of anilines is 2. The van der Waals surface area contributed by atoms with E-state index in [4.69, 9.17) is 4.74 Å². The van der Waals surface area contributed by atoms with E-state index in [1.807, 2.05) is 13.0 Å². The van der Waals surface area contributed by atoms with Crippen LogP contribution in [0.5, 0.6) is 0 Å². The third kappa shape index (κ3) is 2.21. The molecular formula is C16H17N5O. The van der Waals surface area contributed by atoms with Crippen molar-refractivity contribution in [3.8, 4) is 0 Å². The zero-order valence-electron chi connectivity index (χ0n) is 12.6. The van der Waals surface area contributed by atoms with Gasteiger partial charge in [-0.1, -0.05) is 6.07 Å². The van der Waals surface area contributed by atoms with Gasteiger partial charge in [0.05, 0.1) is 6.10 Å². The minimum Gasteiger partial charge on any atom is -0.381 e. The second kappa shape index (κ2) is 5.06. The predicted octanol–water partition coefficient (Wildman–Crippen LogP) is 2.29. The quantitative estimate of drug-likeness (QED) is 0.803. The summed E-state index contributed by atoms with van der Waals surface area (Å²) in [7, 11) is 1.77. The first-order chi connectivity index (χ1) is 10.7. The number of aromatic nitrogens is 4. The topological polar surface area (TPSA) is 64.3 Å². The van der Waals surface area contributed by atoms with Crippen molar-refractivity contribution in [1.82, 2.24) is 19.6 Å². The summed E-state index contributed by atoms with van der Waals surface area (Å²) >= 11 is 0. The normalized spacial score (nSPS) is 16.9. The summed E-state index contributed by atoms with van der Waals surface area (Å²) in [5, 5.41) is 7.63. The maximum absolute atomic E-state index is 5.46. The number of hydrogen-bond donors (Lipinski definition) is 1. The molecule has 1 unspecified atom stereocenters. The number of ether oxygens (including phenoxy) is 1. The fourth-order valence-electron chi connectivity index (χ4n) is 2.99. The van der Waals surface area contributed by atoms with Crippen LogP contribution in [-0.2, 0) is 17.6 Å². The van der Waals surface area contributed by atoms with Gasteiger partial charge < -0.3 is 10.1 Å². The molecule has 6 nitrogen and oxygen atoms in total. The van der Waals surface area contributed by atoms with E-state index in [0.29, 0.717) is 11.9 Å². The Balaban J connectivity index is 1.68. The van der Waals surface area contributed by atoms with Gasteiger partial charge in [0.2, 0.25) is 0 Å². The lowest BCUT2D eigenvalue weighted by molar-refractivity contribution is 0.112. The molecule has 0 amide bonds. The van der Waals surface area contributed by atoms with Crippen molar-refractivity contribution < 1.29 is 4.74 Å². The zero-order chi connectivity index (χ0) is 15.1. The van der Waals surface area contributed by atoms with E-state index in [-0.39, 0.29) is 0 Å². The molecule has 1 atom stereocenters. The van der Waals surface area contributed by atoms with E-state index in [0.717, 1.165) is 30.0 Å². The molecule has 0 saturated heterocycles. The van der Waals surface area contributed by atoms with Gasteiger partial charge in [-0.05, 0) is 43.0 Å². The Labute approximate surface area is 128 Å². The fourth-order valence-corrected chi connectivity index (χ4v) is 2.99. The first kappa shape index (κ1) is 13.2. The van der Waals surface area contributed by atoms with Gasteiger partial charge in [0, 0.05) is 24.6 Å². The second-order valence-electron chi connectivity index (χ2n) is 5.63. The van der Waals surface area contributed by atoms with E-state index in [2.05, 4.69) is 38.6 Å². The van der Waals surface area contributed by atoms with Gasteiger partial charge in [-0.3, -0.25) is 0 Å². The number of methoxy groups -OCH3 is 1. The Morgan fingerprint density at radius 2 is 2.09 bits per heavy atom. The monoisotopic (exact) mass is 295 g/mol. The molecule has 0 bridgehead atoms. The molecule has 6 heteroatoms. The molecule has 2 heterocycles. The van der Waals surface area contributed by atoms with Gasteiger partial charge in [-0.2, -0.15) is 14.6 Å². The van der Waals surface area contributed by atoms with Gasteiger partial charge >= 0.3 is 0 Å². The molecule has 2 aromatic heterocycles. The highest BCUT2D eigenvalue weighted by atomic mass is 16.5. The highest BCUT2D eigenvalue weighted by Crippen LogP contribution is 2.28. The number of rotatable bonds is 3. The molecule has 0 fully saturated rings. The summed E-state index contributed by atoms with van der Waals surface area (Å²) in [5.74, 6) is 1.46. The molecular weight excluding hydrogens is 278 g/mol. The number of fused-ring (bicyclic) bond motifs is 2. The maximum Gasteiger partial charge on any atom is 0.254 e. The summed E-state index contributed by atoms with van der Waals surface area (Å²) in [6.45, 7) is 1.95. The largest absolute Gasteiger partial charge is 0.381 e.